The van der Waals surface area contributed by atoms with E-state index in [-0.39, 0.29) is 18.7 Å². The van der Waals surface area contributed by atoms with Gasteiger partial charge in [-0.05, 0) is 25.2 Å². The van der Waals surface area contributed by atoms with E-state index in [1.54, 1.807) is 27.7 Å². The highest BCUT2D eigenvalue weighted by Crippen LogP contribution is 2.13. The van der Waals surface area contributed by atoms with Crippen LogP contribution in [0.15, 0.2) is 12.2 Å². The molecule has 15 heteroatoms. The fourth-order valence-corrected chi connectivity index (χ4v) is 4.30. The number of hydrogen-bond donors (Lipinski definition) is 5. The molecular formula is C22H35N5O9S. The van der Waals surface area contributed by atoms with E-state index < -0.39 is 81.9 Å². The molecule has 0 fully saturated rings. The second-order valence-corrected chi connectivity index (χ2v) is 10.8. The van der Waals surface area contributed by atoms with Crippen molar-refractivity contribution in [2.75, 3.05) is 13.1 Å². The maximum Gasteiger partial charge on any atom is 0.312 e. The zero-order valence-electron chi connectivity index (χ0n) is 21.2. The summed E-state index contributed by atoms with van der Waals surface area (Å²) in [7, 11) is -4.97. The van der Waals surface area contributed by atoms with Crippen LogP contribution in [0.4, 0.5) is 4.79 Å². The van der Waals surface area contributed by atoms with Gasteiger partial charge in [0, 0.05) is 31.2 Å². The van der Waals surface area contributed by atoms with Gasteiger partial charge >= 0.3 is 6.03 Å². The fourth-order valence-electron chi connectivity index (χ4n) is 3.56. The molecule has 0 radical (unpaired) electrons. The first-order chi connectivity index (χ1) is 17.1. The Labute approximate surface area is 215 Å². The highest BCUT2D eigenvalue weighted by Gasteiger charge is 2.37. The summed E-state index contributed by atoms with van der Waals surface area (Å²) in [5.74, 6) is -4.62. The van der Waals surface area contributed by atoms with Crippen molar-refractivity contribution >= 4 is 45.6 Å². The number of nitrogens with two attached hydrogens (primary N) is 1. The molecule has 0 aromatic rings. The van der Waals surface area contributed by atoms with Gasteiger partial charge in [-0.1, -0.05) is 27.7 Å². The summed E-state index contributed by atoms with van der Waals surface area (Å²) in [5, 5.41) is 5.19. The average Bonchev–Trinajstić information content (AvgIpc) is 3.09. The topological polar surface area (TPSA) is 222 Å². The van der Waals surface area contributed by atoms with E-state index in [9.17, 15) is 41.7 Å². The standard InChI is InChI=1S/C22H35N5O9S/c1-12(2)18(21(32)25-14(19(30)13(3)4)6-5-10-24-22(23)33)26-20(31)15(37(34,35)36)9-11-27-16(28)7-8-17(27)29/h7-8,12-15,18H,5-6,9-11H2,1-4H3,(H,25,32)(H,26,31)(H3,23,24,33)(H,34,35,36)/t14-,15-,18-/m0/s1. The lowest BCUT2D eigenvalue weighted by molar-refractivity contribution is -0.137. The van der Waals surface area contributed by atoms with Crippen molar-refractivity contribution in [3.8, 4) is 0 Å². The SMILES string of the molecule is CC(C)C(=O)[C@H](CCCNC(N)=O)NC(=O)[C@@H](NC(=O)[C@H](CCN1C(=O)C=CC1=O)S(=O)(=O)O)C(C)C. The van der Waals surface area contributed by atoms with E-state index in [1.807, 2.05) is 0 Å². The number of urea groups is 1. The maximum absolute atomic E-state index is 13.0. The highest BCUT2D eigenvalue weighted by atomic mass is 32.2. The monoisotopic (exact) mass is 545 g/mol. The van der Waals surface area contributed by atoms with Gasteiger partial charge in [0.15, 0.2) is 11.0 Å². The van der Waals surface area contributed by atoms with Gasteiger partial charge in [-0.15, -0.1) is 0 Å². The van der Waals surface area contributed by atoms with E-state index in [1.165, 1.54) is 0 Å². The minimum Gasteiger partial charge on any atom is -0.352 e. The van der Waals surface area contributed by atoms with Crippen LogP contribution in [-0.2, 0) is 34.1 Å². The zero-order chi connectivity index (χ0) is 28.5. The molecule has 0 spiro atoms. The van der Waals surface area contributed by atoms with E-state index in [0.29, 0.717) is 11.3 Å². The van der Waals surface area contributed by atoms with Gasteiger partial charge in [-0.2, -0.15) is 8.42 Å². The number of imide groups is 1. The molecule has 208 valence electrons. The van der Waals surface area contributed by atoms with Gasteiger partial charge in [-0.3, -0.25) is 33.4 Å². The Morgan fingerprint density at radius 1 is 0.973 bits per heavy atom. The van der Waals surface area contributed by atoms with Crippen LogP contribution in [0, 0.1) is 11.8 Å². The molecule has 0 unspecified atom stereocenters. The van der Waals surface area contributed by atoms with Crippen molar-refractivity contribution in [1.82, 2.24) is 20.9 Å². The van der Waals surface area contributed by atoms with Gasteiger partial charge in [0.05, 0.1) is 6.04 Å². The molecule has 0 saturated carbocycles. The quantitative estimate of drug-likeness (QED) is 0.0951. The molecule has 37 heavy (non-hydrogen) atoms. The third-order valence-electron chi connectivity index (χ3n) is 5.61. The number of amides is 6. The molecule has 1 aliphatic heterocycles. The van der Waals surface area contributed by atoms with Crippen LogP contribution in [0.3, 0.4) is 0 Å². The normalized spacial score (nSPS) is 16.0. The van der Waals surface area contributed by atoms with Crippen LogP contribution < -0.4 is 21.7 Å². The molecule has 0 aromatic carbocycles. The van der Waals surface area contributed by atoms with Gasteiger partial charge in [-0.25, -0.2) is 4.79 Å². The Bertz CT molecular complexity index is 1020. The van der Waals surface area contributed by atoms with Crippen LogP contribution in [0.1, 0.15) is 47.0 Å². The zero-order valence-corrected chi connectivity index (χ0v) is 22.0. The van der Waals surface area contributed by atoms with Crippen LogP contribution in [0.5, 0.6) is 0 Å². The Morgan fingerprint density at radius 2 is 1.54 bits per heavy atom. The smallest absolute Gasteiger partial charge is 0.312 e. The number of carbonyl (C=O) groups is 6. The van der Waals surface area contributed by atoms with Crippen molar-refractivity contribution in [3.05, 3.63) is 12.2 Å². The highest BCUT2D eigenvalue weighted by molar-refractivity contribution is 7.87. The Hall–Kier alpha value is -3.33. The second-order valence-electron chi connectivity index (χ2n) is 9.24. The van der Waals surface area contributed by atoms with Crippen molar-refractivity contribution < 1.29 is 41.7 Å². The lowest BCUT2D eigenvalue weighted by atomic mass is 9.96. The summed E-state index contributed by atoms with van der Waals surface area (Å²) >= 11 is 0. The number of rotatable bonds is 15. The molecule has 3 atom stereocenters. The number of primary amides is 1. The van der Waals surface area contributed by atoms with Gasteiger partial charge in [0.2, 0.25) is 11.8 Å². The first-order valence-electron chi connectivity index (χ1n) is 11.7. The number of nitrogens with zero attached hydrogens (tertiary/aromatic N) is 1. The molecule has 14 nitrogen and oxygen atoms in total. The molecule has 1 rings (SSSR count). The molecular weight excluding hydrogens is 510 g/mol. The summed E-state index contributed by atoms with van der Waals surface area (Å²) in [6.07, 6.45) is 1.86. The maximum atomic E-state index is 13.0. The number of carbonyl (C=O) groups excluding carboxylic acids is 6. The first kappa shape index (κ1) is 31.7. The van der Waals surface area contributed by atoms with Crippen LogP contribution >= 0.6 is 0 Å². The minimum absolute atomic E-state index is 0.168. The van der Waals surface area contributed by atoms with Crippen LogP contribution in [0.2, 0.25) is 0 Å². The van der Waals surface area contributed by atoms with Crippen molar-refractivity contribution in [3.63, 3.8) is 0 Å². The third-order valence-corrected chi connectivity index (χ3v) is 6.78. The summed E-state index contributed by atoms with van der Waals surface area (Å²) in [4.78, 5) is 73.5. The van der Waals surface area contributed by atoms with Crippen molar-refractivity contribution in [2.24, 2.45) is 17.6 Å². The largest absolute Gasteiger partial charge is 0.352 e. The molecule has 6 N–H and O–H groups in total. The molecule has 0 bridgehead atoms. The Balaban J connectivity index is 2.97. The fraction of sp³-hybridized carbons (Fsp3) is 0.636. The predicted octanol–water partition coefficient (Wildman–Crippen LogP) is -1.14. The van der Waals surface area contributed by atoms with Gasteiger partial charge < -0.3 is 21.7 Å². The van der Waals surface area contributed by atoms with E-state index in [0.717, 1.165) is 12.2 Å². The lowest BCUT2D eigenvalue weighted by Gasteiger charge is -2.27. The second kappa shape index (κ2) is 13.8. The Kier molecular flexibility index (Phi) is 11.9. The Morgan fingerprint density at radius 3 is 2.00 bits per heavy atom. The summed E-state index contributed by atoms with van der Waals surface area (Å²) in [6.45, 7) is 6.17. The van der Waals surface area contributed by atoms with Crippen molar-refractivity contribution in [1.29, 1.82) is 0 Å². The van der Waals surface area contributed by atoms with E-state index >= 15 is 0 Å². The molecule has 0 saturated heterocycles. The lowest BCUT2D eigenvalue weighted by Crippen LogP contribution is -2.56. The molecule has 0 aliphatic carbocycles. The summed E-state index contributed by atoms with van der Waals surface area (Å²) < 4.78 is 33.4. The molecule has 1 heterocycles. The molecule has 1 aliphatic rings. The van der Waals surface area contributed by atoms with Crippen LogP contribution in [-0.4, -0.2) is 83.7 Å². The summed E-state index contributed by atoms with van der Waals surface area (Å²) in [5.41, 5.74) is 5.02. The predicted molar refractivity (Wildman–Crippen MR) is 131 cm³/mol. The number of Topliss-reactive ketones (excluding diaryl/α,β-unsaturated/α-hetero) is 1. The average molecular weight is 546 g/mol. The minimum atomic E-state index is -4.97. The first-order valence-corrected chi connectivity index (χ1v) is 13.2. The number of nitrogens with one attached hydrogen (secondary N) is 3. The van der Waals surface area contributed by atoms with Crippen LogP contribution in [0.25, 0.3) is 0 Å². The third kappa shape index (κ3) is 9.92. The van der Waals surface area contributed by atoms with Gasteiger partial charge in [0.1, 0.15) is 6.04 Å². The number of hydrogen-bond acceptors (Lipinski definition) is 8. The van der Waals surface area contributed by atoms with E-state index in [2.05, 4.69) is 16.0 Å². The van der Waals surface area contributed by atoms with Crippen molar-refractivity contribution in [2.45, 2.75) is 64.3 Å². The molecule has 0 aromatic heterocycles. The van der Waals surface area contributed by atoms with E-state index in [4.69, 9.17) is 5.73 Å². The molecule has 6 amide bonds. The van der Waals surface area contributed by atoms with Gasteiger partial charge in [0.25, 0.3) is 21.9 Å². The number of ketones is 1. The summed E-state index contributed by atoms with van der Waals surface area (Å²) in [6, 6.07) is -2.96.